The number of carbonyl (C=O) groups excluding carboxylic acids is 1. The van der Waals surface area contributed by atoms with Crippen LogP contribution in [0.3, 0.4) is 0 Å². The van der Waals surface area contributed by atoms with Crippen LogP contribution in [0.25, 0.3) is 0 Å². The maximum atomic E-state index is 13.5. The van der Waals surface area contributed by atoms with Crippen molar-refractivity contribution < 1.29 is 22.7 Å². The minimum atomic E-state index is -4.41. The third-order valence-corrected chi connectivity index (χ3v) is 7.37. The fourth-order valence-corrected chi connectivity index (χ4v) is 5.31. The molecule has 2 aromatic carbocycles. The average molecular weight is 504 g/mol. The number of rotatable bonds is 8. The molecule has 2 heterocycles. The van der Waals surface area contributed by atoms with Gasteiger partial charge in [0.2, 0.25) is 5.91 Å². The van der Waals surface area contributed by atoms with Gasteiger partial charge in [-0.3, -0.25) is 4.79 Å². The Labute approximate surface area is 211 Å². The van der Waals surface area contributed by atoms with Gasteiger partial charge in [0.15, 0.2) is 0 Å². The van der Waals surface area contributed by atoms with E-state index in [0.717, 1.165) is 51.2 Å². The van der Waals surface area contributed by atoms with Crippen molar-refractivity contribution in [1.82, 2.24) is 14.7 Å². The highest BCUT2D eigenvalue weighted by Crippen LogP contribution is 2.32. The van der Waals surface area contributed by atoms with Gasteiger partial charge in [-0.05, 0) is 57.1 Å². The number of amides is 1. The molecule has 8 heteroatoms. The van der Waals surface area contributed by atoms with E-state index in [2.05, 4.69) is 21.9 Å². The van der Waals surface area contributed by atoms with Crippen LogP contribution in [0.2, 0.25) is 0 Å². The van der Waals surface area contributed by atoms with Crippen molar-refractivity contribution in [2.75, 3.05) is 53.4 Å². The lowest BCUT2D eigenvalue weighted by Crippen LogP contribution is -2.49. The van der Waals surface area contributed by atoms with Gasteiger partial charge in [-0.2, -0.15) is 13.2 Å². The quantitative estimate of drug-likeness (QED) is 0.534. The number of piperidine rings is 1. The summed E-state index contributed by atoms with van der Waals surface area (Å²) in [6.07, 6.45) is -1.86. The third kappa shape index (κ3) is 7.01. The summed E-state index contributed by atoms with van der Waals surface area (Å²) in [7, 11) is 4.09. The highest BCUT2D eigenvalue weighted by Gasteiger charge is 2.37. The zero-order valence-corrected chi connectivity index (χ0v) is 21.1. The summed E-state index contributed by atoms with van der Waals surface area (Å²) in [6.45, 7) is 4.09. The molecule has 196 valence electrons. The monoisotopic (exact) mass is 503 g/mol. The molecule has 2 saturated heterocycles. The third-order valence-electron chi connectivity index (χ3n) is 7.37. The van der Waals surface area contributed by atoms with Crippen molar-refractivity contribution in [3.05, 3.63) is 65.7 Å². The Hall–Kier alpha value is -2.58. The van der Waals surface area contributed by atoms with E-state index in [1.54, 1.807) is 6.07 Å². The van der Waals surface area contributed by atoms with Crippen molar-refractivity contribution >= 4 is 5.91 Å². The standard InChI is InChI=1S/C28H36F3N3O2/c1-32(2)25-12-14-34(19-25)27(35)23-15-22(17-33(18-23)13-11-21-7-4-3-5-8-21)20-36-26-10-6-9-24(16-26)28(29,30)31/h3-10,16,22-23,25H,11-15,17-20H2,1-2H3/t22-,23+,25?/m0/s1. The summed E-state index contributed by atoms with van der Waals surface area (Å²) in [4.78, 5) is 20.0. The minimum Gasteiger partial charge on any atom is -0.493 e. The molecule has 0 spiro atoms. The summed E-state index contributed by atoms with van der Waals surface area (Å²) < 4.78 is 45.1. The van der Waals surface area contributed by atoms with E-state index < -0.39 is 11.7 Å². The molecular weight excluding hydrogens is 467 g/mol. The second-order valence-electron chi connectivity index (χ2n) is 10.3. The number of benzene rings is 2. The van der Waals surface area contributed by atoms with Crippen LogP contribution in [0.15, 0.2) is 54.6 Å². The van der Waals surface area contributed by atoms with E-state index in [0.29, 0.717) is 19.0 Å². The molecule has 2 aromatic rings. The molecule has 2 aliphatic heterocycles. The Kier molecular flexibility index (Phi) is 8.57. The van der Waals surface area contributed by atoms with E-state index in [4.69, 9.17) is 4.74 Å². The molecule has 0 saturated carbocycles. The van der Waals surface area contributed by atoms with Crippen molar-refractivity contribution in [2.24, 2.45) is 11.8 Å². The summed E-state index contributed by atoms with van der Waals surface area (Å²) in [5, 5.41) is 0. The van der Waals surface area contributed by atoms with Gasteiger partial charge < -0.3 is 19.4 Å². The molecule has 0 aromatic heterocycles. The maximum Gasteiger partial charge on any atom is 0.416 e. The largest absolute Gasteiger partial charge is 0.493 e. The fourth-order valence-electron chi connectivity index (χ4n) is 5.31. The van der Waals surface area contributed by atoms with Crippen LogP contribution in [0, 0.1) is 11.8 Å². The van der Waals surface area contributed by atoms with Crippen LogP contribution >= 0.6 is 0 Å². The highest BCUT2D eigenvalue weighted by molar-refractivity contribution is 5.79. The fraction of sp³-hybridized carbons (Fsp3) is 0.536. The van der Waals surface area contributed by atoms with Crippen molar-refractivity contribution in [3.8, 4) is 5.75 Å². The molecule has 2 aliphatic rings. The second-order valence-corrected chi connectivity index (χ2v) is 10.3. The molecule has 0 radical (unpaired) electrons. The topological polar surface area (TPSA) is 36.0 Å². The Bertz CT molecular complexity index is 999. The van der Waals surface area contributed by atoms with Crippen LogP contribution in [-0.4, -0.2) is 80.1 Å². The Morgan fingerprint density at radius 3 is 2.53 bits per heavy atom. The molecule has 0 N–H and O–H groups in total. The molecule has 36 heavy (non-hydrogen) atoms. The highest BCUT2D eigenvalue weighted by atomic mass is 19.4. The first kappa shape index (κ1) is 26.5. The van der Waals surface area contributed by atoms with Crippen molar-refractivity contribution in [2.45, 2.75) is 31.5 Å². The lowest BCUT2D eigenvalue weighted by Gasteiger charge is -2.38. The number of ether oxygens (including phenoxy) is 1. The number of nitrogens with zero attached hydrogens (tertiary/aromatic N) is 3. The van der Waals surface area contributed by atoms with Gasteiger partial charge in [0, 0.05) is 44.7 Å². The molecule has 3 atom stereocenters. The molecule has 2 fully saturated rings. The molecule has 0 aliphatic carbocycles. The van der Waals surface area contributed by atoms with Gasteiger partial charge >= 0.3 is 6.18 Å². The zero-order chi connectivity index (χ0) is 25.7. The molecule has 5 nitrogen and oxygen atoms in total. The number of likely N-dealkylation sites (N-methyl/N-ethyl adjacent to an activating group) is 1. The normalized spacial score (nSPS) is 23.3. The number of halogens is 3. The number of alkyl halides is 3. The predicted molar refractivity (Wildman–Crippen MR) is 134 cm³/mol. The van der Waals surface area contributed by atoms with Crippen LogP contribution in [0.5, 0.6) is 5.75 Å². The minimum absolute atomic E-state index is 0.0604. The maximum absolute atomic E-state index is 13.5. The van der Waals surface area contributed by atoms with E-state index in [1.165, 1.54) is 11.6 Å². The average Bonchev–Trinajstić information content (AvgIpc) is 3.37. The van der Waals surface area contributed by atoms with E-state index >= 15 is 0 Å². The first-order chi connectivity index (χ1) is 17.2. The van der Waals surface area contributed by atoms with Crippen LogP contribution in [0.4, 0.5) is 13.2 Å². The zero-order valence-electron chi connectivity index (χ0n) is 21.1. The van der Waals surface area contributed by atoms with Gasteiger partial charge in [0.1, 0.15) is 5.75 Å². The summed E-state index contributed by atoms with van der Waals surface area (Å²) in [5.41, 5.74) is 0.529. The number of hydrogen-bond donors (Lipinski definition) is 0. The van der Waals surface area contributed by atoms with Gasteiger partial charge in [0.05, 0.1) is 18.1 Å². The molecule has 1 unspecified atom stereocenters. The van der Waals surface area contributed by atoms with Gasteiger partial charge in [0.25, 0.3) is 0 Å². The molecule has 4 rings (SSSR count). The summed E-state index contributed by atoms with van der Waals surface area (Å²) in [5.74, 6) is 0.325. The van der Waals surface area contributed by atoms with Crippen molar-refractivity contribution in [1.29, 1.82) is 0 Å². The van der Waals surface area contributed by atoms with E-state index in [-0.39, 0.29) is 30.1 Å². The van der Waals surface area contributed by atoms with E-state index in [9.17, 15) is 18.0 Å². The van der Waals surface area contributed by atoms with Gasteiger partial charge in [-0.15, -0.1) is 0 Å². The van der Waals surface area contributed by atoms with Crippen molar-refractivity contribution in [3.63, 3.8) is 0 Å². The smallest absolute Gasteiger partial charge is 0.416 e. The lowest BCUT2D eigenvalue weighted by molar-refractivity contribution is -0.138. The number of likely N-dealkylation sites (tertiary alicyclic amines) is 2. The predicted octanol–water partition coefficient (Wildman–Crippen LogP) is 4.43. The van der Waals surface area contributed by atoms with Gasteiger partial charge in [-0.25, -0.2) is 0 Å². The van der Waals surface area contributed by atoms with Crippen LogP contribution in [-0.2, 0) is 17.4 Å². The number of carbonyl (C=O) groups is 1. The van der Waals surface area contributed by atoms with Crippen LogP contribution < -0.4 is 4.74 Å². The summed E-state index contributed by atoms with van der Waals surface area (Å²) >= 11 is 0. The Balaban J connectivity index is 1.42. The molecule has 1 amide bonds. The Morgan fingerprint density at radius 1 is 1.06 bits per heavy atom. The first-order valence-corrected chi connectivity index (χ1v) is 12.7. The van der Waals surface area contributed by atoms with E-state index in [1.807, 2.05) is 37.2 Å². The lowest BCUT2D eigenvalue weighted by atomic mass is 9.88. The van der Waals surface area contributed by atoms with Crippen LogP contribution in [0.1, 0.15) is 24.0 Å². The SMILES string of the molecule is CN(C)C1CCN(C(=O)[C@@H]2C[C@H](COc3cccc(C(F)(F)F)c3)CN(CCc3ccccc3)C2)C1. The molecule has 0 bridgehead atoms. The first-order valence-electron chi connectivity index (χ1n) is 12.7. The second kappa shape index (κ2) is 11.6. The number of hydrogen-bond acceptors (Lipinski definition) is 4. The summed E-state index contributed by atoms with van der Waals surface area (Å²) in [6, 6.07) is 15.7. The van der Waals surface area contributed by atoms with Gasteiger partial charge in [-0.1, -0.05) is 36.4 Å². The molecular formula is C28H36F3N3O2. The Morgan fingerprint density at radius 2 is 1.83 bits per heavy atom.